The van der Waals surface area contributed by atoms with Gasteiger partial charge in [-0.3, -0.25) is 23.7 Å². The Hall–Kier alpha value is -2.99. The van der Waals surface area contributed by atoms with Gasteiger partial charge in [0.05, 0.1) is 46.7 Å². The Morgan fingerprint density at radius 1 is 0.700 bits per heavy atom. The van der Waals surface area contributed by atoms with Gasteiger partial charge in [-0.05, 0) is 12.1 Å². The number of nitrogens with zero attached hydrogens (tertiary/aromatic N) is 3. The van der Waals surface area contributed by atoms with Crippen LogP contribution in [0.1, 0.15) is 0 Å². The predicted molar refractivity (Wildman–Crippen MR) is 94.6 cm³/mol. The van der Waals surface area contributed by atoms with E-state index in [-0.39, 0.29) is 21.1 Å². The molecule has 4 aromatic rings. The molecule has 2 aromatic heterocycles. The SMILES string of the molecule is Fc1[c-]c(F)c(F)c(F)c1F.[Pt+2].[c-]1ccccc1-c1cncc(-c2ccccn2)n1. The molecule has 0 aliphatic carbocycles. The van der Waals surface area contributed by atoms with E-state index in [1.165, 1.54) is 0 Å². The largest absolute Gasteiger partial charge is 2.00 e. The maximum Gasteiger partial charge on any atom is 2.00 e. The fraction of sp³-hybridized carbons (Fsp3) is 0. The molecule has 2 heterocycles. The van der Waals surface area contributed by atoms with Crippen LogP contribution in [0.15, 0.2) is 61.1 Å². The van der Waals surface area contributed by atoms with Crippen molar-refractivity contribution in [1.29, 1.82) is 0 Å². The van der Waals surface area contributed by atoms with Crippen molar-refractivity contribution < 1.29 is 43.0 Å². The third kappa shape index (κ3) is 5.54. The van der Waals surface area contributed by atoms with E-state index >= 15 is 0 Å². The molecule has 0 aliphatic heterocycles. The summed E-state index contributed by atoms with van der Waals surface area (Å²) in [5, 5.41) is 0. The van der Waals surface area contributed by atoms with Crippen molar-refractivity contribution in [3.05, 3.63) is 102 Å². The van der Waals surface area contributed by atoms with E-state index < -0.39 is 29.1 Å². The van der Waals surface area contributed by atoms with Gasteiger partial charge >= 0.3 is 21.1 Å². The molecular weight excluding hydrogens is 584 g/mol. The van der Waals surface area contributed by atoms with Crippen LogP contribution in [0.2, 0.25) is 0 Å². The fourth-order valence-corrected chi connectivity index (χ4v) is 2.18. The number of pyridine rings is 1. The zero-order valence-corrected chi connectivity index (χ0v) is 17.1. The average Bonchev–Trinajstić information content (AvgIpc) is 2.78. The van der Waals surface area contributed by atoms with Crippen LogP contribution >= 0.6 is 0 Å². The summed E-state index contributed by atoms with van der Waals surface area (Å²) in [5.41, 5.74) is 3.33. The number of hydrogen-bond acceptors (Lipinski definition) is 3. The molecule has 3 nitrogen and oxygen atoms in total. The van der Waals surface area contributed by atoms with Gasteiger partial charge in [-0.25, -0.2) is 13.2 Å². The van der Waals surface area contributed by atoms with E-state index in [1.807, 2.05) is 42.5 Å². The molecule has 0 fully saturated rings. The van der Waals surface area contributed by atoms with Crippen LogP contribution in [0.4, 0.5) is 22.0 Å². The van der Waals surface area contributed by atoms with Gasteiger partial charge < -0.3 is 0 Å². The minimum atomic E-state index is -2.17. The molecule has 0 radical (unpaired) electrons. The molecule has 0 aliphatic rings. The number of aromatic nitrogens is 3. The van der Waals surface area contributed by atoms with E-state index in [9.17, 15) is 22.0 Å². The first kappa shape index (κ1) is 23.3. The Balaban J connectivity index is 0.000000232. The van der Waals surface area contributed by atoms with Gasteiger partial charge in [0, 0.05) is 18.1 Å². The minimum Gasteiger partial charge on any atom is -0.291 e. The number of rotatable bonds is 2. The van der Waals surface area contributed by atoms with E-state index in [4.69, 9.17) is 0 Å². The van der Waals surface area contributed by atoms with Crippen molar-refractivity contribution in [3.63, 3.8) is 0 Å². The normalized spacial score (nSPS) is 9.90. The summed E-state index contributed by atoms with van der Waals surface area (Å²) < 4.78 is 59.9. The second-order valence-electron chi connectivity index (χ2n) is 5.48. The maximum absolute atomic E-state index is 12.0. The van der Waals surface area contributed by atoms with E-state index in [2.05, 4.69) is 21.0 Å². The number of hydrogen-bond donors (Lipinski definition) is 0. The molecule has 0 saturated heterocycles. The van der Waals surface area contributed by atoms with Crippen molar-refractivity contribution in [2.24, 2.45) is 0 Å². The standard InChI is InChI=1S/C15H10N3.C6F5.Pt/c1-2-6-12(7-3-1)14-10-16-11-15(18-14)13-8-4-5-9-17-13;7-2-1-3(8)5(10)6(11)4(2)9;/h1-6,8-11H;;/q2*-1;+2. The second-order valence-corrected chi connectivity index (χ2v) is 5.48. The third-order valence-electron chi connectivity index (χ3n) is 3.54. The molecule has 0 bridgehead atoms. The Morgan fingerprint density at radius 3 is 1.97 bits per heavy atom. The van der Waals surface area contributed by atoms with Gasteiger partial charge in [0.1, 0.15) is 0 Å². The second kappa shape index (κ2) is 10.7. The van der Waals surface area contributed by atoms with Crippen LogP contribution < -0.4 is 0 Å². The molecule has 2 aromatic carbocycles. The predicted octanol–water partition coefficient (Wildman–Crippen LogP) is 5.19. The first-order chi connectivity index (χ1) is 14.0. The molecular formula is C21H10F5N3Pt. The van der Waals surface area contributed by atoms with Gasteiger partial charge in [0.25, 0.3) is 0 Å². The van der Waals surface area contributed by atoms with Gasteiger partial charge in [0.2, 0.25) is 0 Å². The summed E-state index contributed by atoms with van der Waals surface area (Å²) >= 11 is 0. The van der Waals surface area contributed by atoms with Crippen LogP contribution in [-0.4, -0.2) is 15.0 Å². The molecule has 4 rings (SSSR count). The van der Waals surface area contributed by atoms with E-state index in [0.29, 0.717) is 0 Å². The quantitative estimate of drug-likeness (QED) is 0.139. The van der Waals surface area contributed by atoms with Crippen LogP contribution in [0.25, 0.3) is 22.6 Å². The van der Waals surface area contributed by atoms with Crippen molar-refractivity contribution in [2.75, 3.05) is 0 Å². The molecule has 0 amide bonds. The summed E-state index contributed by atoms with van der Waals surface area (Å²) in [7, 11) is 0. The minimum absolute atomic E-state index is 0. The van der Waals surface area contributed by atoms with Crippen molar-refractivity contribution in [1.82, 2.24) is 15.0 Å². The van der Waals surface area contributed by atoms with Gasteiger partial charge in [-0.1, -0.05) is 6.07 Å². The molecule has 0 saturated carbocycles. The summed E-state index contributed by atoms with van der Waals surface area (Å²) in [6, 6.07) is 17.6. The summed E-state index contributed by atoms with van der Waals surface area (Å²) in [6.07, 6.45) is 5.20. The van der Waals surface area contributed by atoms with Crippen LogP contribution in [0, 0.1) is 41.2 Å². The summed E-state index contributed by atoms with van der Waals surface area (Å²) in [4.78, 5) is 13.0. The molecule has 0 N–H and O–H groups in total. The number of benzene rings is 2. The maximum atomic E-state index is 12.0. The van der Waals surface area contributed by atoms with Gasteiger partial charge in [0.15, 0.2) is 0 Å². The Bertz CT molecular complexity index is 1030. The number of halogens is 5. The molecule has 154 valence electrons. The first-order valence-corrected chi connectivity index (χ1v) is 8.08. The van der Waals surface area contributed by atoms with Crippen molar-refractivity contribution in [2.45, 2.75) is 0 Å². The Morgan fingerprint density at radius 2 is 1.37 bits per heavy atom. The zero-order chi connectivity index (χ0) is 20.8. The van der Waals surface area contributed by atoms with Gasteiger partial charge in [-0.2, -0.15) is 0 Å². The summed E-state index contributed by atoms with van der Waals surface area (Å²) in [5.74, 6) is -10.0. The first-order valence-electron chi connectivity index (χ1n) is 8.08. The fourth-order valence-electron chi connectivity index (χ4n) is 2.18. The average molecular weight is 594 g/mol. The van der Waals surface area contributed by atoms with Crippen LogP contribution in [0.3, 0.4) is 0 Å². The topological polar surface area (TPSA) is 38.7 Å². The van der Waals surface area contributed by atoms with Gasteiger partial charge in [-0.15, -0.1) is 42.0 Å². The summed E-state index contributed by atoms with van der Waals surface area (Å²) in [6.45, 7) is 0. The van der Waals surface area contributed by atoms with Crippen LogP contribution in [-0.2, 0) is 21.1 Å². The van der Waals surface area contributed by atoms with Crippen LogP contribution in [0.5, 0.6) is 0 Å². The van der Waals surface area contributed by atoms with E-state index in [1.54, 1.807) is 18.6 Å². The Labute approximate surface area is 182 Å². The Kier molecular flexibility index (Phi) is 8.30. The molecule has 30 heavy (non-hydrogen) atoms. The molecule has 0 atom stereocenters. The van der Waals surface area contributed by atoms with E-state index in [0.717, 1.165) is 28.7 Å². The molecule has 9 heteroatoms. The zero-order valence-electron chi connectivity index (χ0n) is 14.8. The molecule has 0 spiro atoms. The van der Waals surface area contributed by atoms with Crippen molar-refractivity contribution >= 4 is 0 Å². The monoisotopic (exact) mass is 594 g/mol. The smallest absolute Gasteiger partial charge is 0.291 e. The molecule has 0 unspecified atom stereocenters. The third-order valence-corrected chi connectivity index (χ3v) is 3.54. The van der Waals surface area contributed by atoms with Crippen molar-refractivity contribution in [3.8, 4) is 22.6 Å².